The summed E-state index contributed by atoms with van der Waals surface area (Å²) < 4.78 is 35.7. The van der Waals surface area contributed by atoms with E-state index in [1.165, 1.54) is 12.4 Å². The van der Waals surface area contributed by atoms with Crippen LogP contribution in [0.3, 0.4) is 0 Å². The smallest absolute Gasteiger partial charge is 0.316 e. The number of aromatic nitrogens is 2. The Labute approximate surface area is 124 Å². The number of ether oxygens (including phenoxy) is 1. The second kappa shape index (κ2) is 6.23. The minimum absolute atomic E-state index is 0.109. The lowest BCUT2D eigenvalue weighted by Gasteiger charge is -2.37. The van der Waals surface area contributed by atoms with Gasteiger partial charge in [0, 0.05) is 19.3 Å². The largest absolute Gasteiger partial charge is 0.457 e. The van der Waals surface area contributed by atoms with Gasteiger partial charge in [0.05, 0.1) is 11.2 Å². The van der Waals surface area contributed by atoms with Gasteiger partial charge in [0.15, 0.2) is 6.61 Å². The second-order valence-electron chi connectivity index (χ2n) is 6.09. The third-order valence-corrected chi connectivity index (χ3v) is 3.21. The lowest BCUT2D eigenvalue weighted by molar-refractivity contribution is -0.0893. The first-order valence-electron chi connectivity index (χ1n) is 6.59. The highest BCUT2D eigenvalue weighted by molar-refractivity contribution is 6.46. The Bertz CT molecular complexity index is 456. The first kappa shape index (κ1) is 17.8. The summed E-state index contributed by atoms with van der Waals surface area (Å²) >= 11 is 0. The molecule has 0 bridgehead atoms. The summed E-state index contributed by atoms with van der Waals surface area (Å²) in [6.45, 7) is 6.85. The molecule has 1 heterocycles. The van der Waals surface area contributed by atoms with E-state index < -0.39 is 23.7 Å². The third-order valence-electron chi connectivity index (χ3n) is 3.21. The van der Waals surface area contributed by atoms with E-state index in [1.54, 1.807) is 27.7 Å². The van der Waals surface area contributed by atoms with E-state index in [0.717, 1.165) is 6.92 Å². The first-order valence-corrected chi connectivity index (χ1v) is 6.59. The fraction of sp³-hybridized carbons (Fsp3) is 0.692. The van der Waals surface area contributed by atoms with Gasteiger partial charge in [-0.2, -0.15) is 0 Å². The summed E-state index contributed by atoms with van der Waals surface area (Å²) in [5.74, 6) is -2.93. The van der Waals surface area contributed by atoms with Crippen molar-refractivity contribution in [1.29, 1.82) is 0 Å². The molecule has 0 aliphatic heterocycles. The number of aliphatic hydroxyl groups is 1. The lowest BCUT2D eigenvalue weighted by atomic mass is 9.84. The van der Waals surface area contributed by atoms with Crippen LogP contribution in [0.25, 0.3) is 0 Å². The van der Waals surface area contributed by atoms with E-state index in [2.05, 4.69) is 9.97 Å². The van der Waals surface area contributed by atoms with Crippen molar-refractivity contribution < 1.29 is 23.3 Å². The molecular weight excluding hydrogens is 281 g/mol. The van der Waals surface area contributed by atoms with Crippen LogP contribution in [-0.4, -0.2) is 46.3 Å². The average molecular weight is 302 g/mol. The maximum Gasteiger partial charge on any atom is 0.316 e. The van der Waals surface area contributed by atoms with Crippen molar-refractivity contribution >= 4 is 12.9 Å². The van der Waals surface area contributed by atoms with Gasteiger partial charge in [-0.05, 0) is 33.2 Å². The molecule has 1 aromatic rings. The van der Waals surface area contributed by atoms with Gasteiger partial charge in [0.25, 0.3) is 5.92 Å². The molecular formula is C13H21BF2N2O3. The molecule has 1 N–H and O–H groups in total. The molecule has 118 valence electrons. The normalized spacial score (nSPS) is 13.1. The maximum atomic E-state index is 12.6. The number of nitrogens with zero attached hydrogens (tertiary/aromatic N) is 2. The lowest BCUT2D eigenvalue weighted by Crippen LogP contribution is -2.49. The van der Waals surface area contributed by atoms with Crippen LogP contribution in [0.2, 0.25) is 0 Å². The fourth-order valence-corrected chi connectivity index (χ4v) is 1.12. The number of alkyl halides is 2. The summed E-state index contributed by atoms with van der Waals surface area (Å²) in [6.07, 6.45) is 2.88. The summed E-state index contributed by atoms with van der Waals surface area (Å²) in [5, 5.41) is 9.97. The van der Waals surface area contributed by atoms with E-state index >= 15 is 0 Å². The zero-order valence-electron chi connectivity index (χ0n) is 13.0. The van der Waals surface area contributed by atoms with Crippen LogP contribution in [0.15, 0.2) is 12.4 Å². The Morgan fingerprint density at radius 3 is 2.10 bits per heavy atom. The fourth-order valence-electron chi connectivity index (χ4n) is 1.12. The molecule has 1 rings (SSSR count). The summed E-state index contributed by atoms with van der Waals surface area (Å²) in [6, 6.07) is -0.109. The molecule has 0 unspecified atom stereocenters. The average Bonchev–Trinajstić information content (AvgIpc) is 2.33. The van der Waals surface area contributed by atoms with E-state index in [1.807, 2.05) is 0 Å². The molecule has 0 amide bonds. The van der Waals surface area contributed by atoms with Crippen LogP contribution in [0.5, 0.6) is 6.01 Å². The molecule has 8 heteroatoms. The minimum Gasteiger partial charge on any atom is -0.457 e. The SMILES string of the molecule is CC(F)(F)COc1ncc(BOC(C)(C)C(C)(C)O)cn1. The van der Waals surface area contributed by atoms with Crippen molar-refractivity contribution in [3.05, 3.63) is 12.4 Å². The molecule has 0 fully saturated rings. The van der Waals surface area contributed by atoms with E-state index in [9.17, 15) is 13.9 Å². The molecule has 0 saturated heterocycles. The number of halogens is 2. The summed E-state index contributed by atoms with van der Waals surface area (Å²) in [7, 11) is 0.196. The highest BCUT2D eigenvalue weighted by Crippen LogP contribution is 2.24. The third kappa shape index (κ3) is 5.93. The molecule has 0 aliphatic carbocycles. The standard InChI is InChI=1S/C13H21BF2N2O3/c1-11(2,19)12(3,4)21-14-9-6-17-10(18-7-9)20-8-13(5,15)16/h6-7,14,19H,8H2,1-5H3. The van der Waals surface area contributed by atoms with Crippen LogP contribution < -0.4 is 10.2 Å². The number of hydrogen-bond acceptors (Lipinski definition) is 5. The van der Waals surface area contributed by atoms with Gasteiger partial charge in [-0.3, -0.25) is 0 Å². The summed E-state index contributed by atoms with van der Waals surface area (Å²) in [5.41, 5.74) is -1.11. The Kier molecular flexibility index (Phi) is 5.27. The Hall–Kier alpha value is -1.28. The predicted octanol–water partition coefficient (Wildman–Crippen LogP) is 1.05. The predicted molar refractivity (Wildman–Crippen MR) is 76.4 cm³/mol. The second-order valence-corrected chi connectivity index (χ2v) is 6.09. The molecule has 0 aromatic carbocycles. The van der Waals surface area contributed by atoms with Gasteiger partial charge in [0.1, 0.15) is 0 Å². The number of hydrogen-bond donors (Lipinski definition) is 1. The Morgan fingerprint density at radius 2 is 1.67 bits per heavy atom. The van der Waals surface area contributed by atoms with Crippen LogP contribution in [0.4, 0.5) is 8.78 Å². The zero-order valence-corrected chi connectivity index (χ0v) is 13.0. The van der Waals surface area contributed by atoms with E-state index in [0.29, 0.717) is 5.46 Å². The van der Waals surface area contributed by atoms with Gasteiger partial charge in [-0.1, -0.05) is 0 Å². The topological polar surface area (TPSA) is 64.5 Å². The first-order chi connectivity index (χ1) is 9.41. The highest BCUT2D eigenvalue weighted by Gasteiger charge is 2.35. The summed E-state index contributed by atoms with van der Waals surface area (Å²) in [4.78, 5) is 7.67. The zero-order chi connectivity index (χ0) is 16.3. The monoisotopic (exact) mass is 302 g/mol. The maximum absolute atomic E-state index is 12.6. The van der Waals surface area contributed by atoms with E-state index in [-0.39, 0.29) is 13.5 Å². The van der Waals surface area contributed by atoms with Crippen molar-refractivity contribution in [1.82, 2.24) is 9.97 Å². The molecule has 21 heavy (non-hydrogen) atoms. The van der Waals surface area contributed by atoms with Gasteiger partial charge in [-0.25, -0.2) is 18.7 Å². The molecule has 5 nitrogen and oxygen atoms in total. The highest BCUT2D eigenvalue weighted by atomic mass is 19.3. The van der Waals surface area contributed by atoms with Gasteiger partial charge in [0.2, 0.25) is 0 Å². The molecule has 0 spiro atoms. The van der Waals surface area contributed by atoms with Crippen LogP contribution in [-0.2, 0) is 4.65 Å². The Balaban J connectivity index is 2.56. The van der Waals surface area contributed by atoms with Crippen molar-refractivity contribution in [2.45, 2.75) is 51.7 Å². The molecule has 0 aliphatic rings. The van der Waals surface area contributed by atoms with Crippen molar-refractivity contribution in [2.24, 2.45) is 0 Å². The van der Waals surface area contributed by atoms with E-state index in [4.69, 9.17) is 9.39 Å². The van der Waals surface area contributed by atoms with Gasteiger partial charge in [-0.15, -0.1) is 0 Å². The molecule has 0 radical (unpaired) electrons. The van der Waals surface area contributed by atoms with Crippen LogP contribution in [0.1, 0.15) is 34.6 Å². The molecule has 0 atom stereocenters. The quantitative estimate of drug-likeness (QED) is 0.763. The van der Waals surface area contributed by atoms with Crippen molar-refractivity contribution in [2.75, 3.05) is 6.61 Å². The van der Waals surface area contributed by atoms with Gasteiger partial charge < -0.3 is 14.5 Å². The van der Waals surface area contributed by atoms with Crippen molar-refractivity contribution in [3.63, 3.8) is 0 Å². The Morgan fingerprint density at radius 1 is 1.14 bits per heavy atom. The molecule has 0 saturated carbocycles. The molecule has 1 aromatic heterocycles. The van der Waals surface area contributed by atoms with Crippen LogP contribution >= 0.6 is 0 Å². The van der Waals surface area contributed by atoms with Gasteiger partial charge >= 0.3 is 13.5 Å². The van der Waals surface area contributed by atoms with Crippen LogP contribution in [0, 0.1) is 0 Å². The minimum atomic E-state index is -2.93. The number of rotatable bonds is 7. The van der Waals surface area contributed by atoms with Crippen molar-refractivity contribution in [3.8, 4) is 6.01 Å².